The molecule has 27 heavy (non-hydrogen) atoms. The number of hydrogen-bond donors (Lipinski definition) is 2. The van der Waals surface area contributed by atoms with Crippen molar-refractivity contribution in [3.63, 3.8) is 0 Å². The van der Waals surface area contributed by atoms with Crippen LogP contribution in [0.4, 0.5) is 11.5 Å². The molecule has 0 bridgehead atoms. The van der Waals surface area contributed by atoms with Gasteiger partial charge in [0.1, 0.15) is 11.5 Å². The summed E-state index contributed by atoms with van der Waals surface area (Å²) in [6, 6.07) is 10.2. The van der Waals surface area contributed by atoms with Gasteiger partial charge in [0.25, 0.3) is 5.91 Å². The van der Waals surface area contributed by atoms with Crippen LogP contribution in [-0.2, 0) is 11.3 Å². The number of pyridine rings is 1. The quantitative estimate of drug-likeness (QED) is 0.648. The summed E-state index contributed by atoms with van der Waals surface area (Å²) in [6.45, 7) is 0.556. The minimum absolute atomic E-state index is 0.180. The van der Waals surface area contributed by atoms with Crippen molar-refractivity contribution in [2.75, 3.05) is 17.7 Å². The van der Waals surface area contributed by atoms with Gasteiger partial charge in [-0.3, -0.25) is 9.78 Å². The lowest BCUT2D eigenvalue weighted by Gasteiger charge is -2.07. The number of benzene rings is 1. The van der Waals surface area contributed by atoms with E-state index in [0.29, 0.717) is 23.6 Å². The summed E-state index contributed by atoms with van der Waals surface area (Å²) >= 11 is 0. The first-order valence-electron chi connectivity index (χ1n) is 8.10. The van der Waals surface area contributed by atoms with Crippen LogP contribution in [-0.4, -0.2) is 33.9 Å². The lowest BCUT2D eigenvalue weighted by Crippen LogP contribution is -2.14. The molecule has 0 unspecified atom stereocenters. The zero-order valence-corrected chi connectivity index (χ0v) is 14.5. The highest BCUT2D eigenvalue weighted by atomic mass is 16.5. The SMILES string of the molecule is COC(=O)c1ccc(NC(=O)c2cnc(NCc3cccnc3)cn2)cc1. The van der Waals surface area contributed by atoms with Gasteiger partial charge < -0.3 is 15.4 Å². The van der Waals surface area contributed by atoms with Crippen LogP contribution in [0.25, 0.3) is 0 Å². The molecule has 8 heteroatoms. The van der Waals surface area contributed by atoms with Crippen LogP contribution in [0.5, 0.6) is 0 Å². The molecule has 2 heterocycles. The van der Waals surface area contributed by atoms with Crippen LogP contribution in [0, 0.1) is 0 Å². The van der Waals surface area contributed by atoms with Gasteiger partial charge in [0.15, 0.2) is 0 Å². The van der Waals surface area contributed by atoms with Crippen LogP contribution >= 0.6 is 0 Å². The molecule has 8 nitrogen and oxygen atoms in total. The maximum atomic E-state index is 12.2. The van der Waals surface area contributed by atoms with Crippen molar-refractivity contribution >= 4 is 23.4 Å². The van der Waals surface area contributed by atoms with Gasteiger partial charge in [0.2, 0.25) is 0 Å². The smallest absolute Gasteiger partial charge is 0.337 e. The molecule has 0 saturated carbocycles. The highest BCUT2D eigenvalue weighted by Crippen LogP contribution is 2.12. The zero-order chi connectivity index (χ0) is 19.1. The van der Waals surface area contributed by atoms with Crippen molar-refractivity contribution in [2.45, 2.75) is 6.54 Å². The third kappa shape index (κ3) is 4.85. The highest BCUT2D eigenvalue weighted by Gasteiger charge is 2.10. The molecular formula is C19H17N5O3. The number of amides is 1. The number of ether oxygens (including phenoxy) is 1. The Balaban J connectivity index is 1.58. The molecule has 0 saturated heterocycles. The van der Waals surface area contributed by atoms with Gasteiger partial charge >= 0.3 is 5.97 Å². The maximum Gasteiger partial charge on any atom is 0.337 e. The van der Waals surface area contributed by atoms with Gasteiger partial charge in [-0.2, -0.15) is 0 Å². The van der Waals surface area contributed by atoms with Crippen molar-refractivity contribution in [3.8, 4) is 0 Å². The molecule has 2 aromatic heterocycles. The summed E-state index contributed by atoms with van der Waals surface area (Å²) < 4.78 is 4.63. The zero-order valence-electron chi connectivity index (χ0n) is 14.5. The molecule has 0 aliphatic rings. The van der Waals surface area contributed by atoms with E-state index in [0.717, 1.165) is 5.56 Å². The van der Waals surface area contributed by atoms with E-state index in [1.807, 2.05) is 12.1 Å². The van der Waals surface area contributed by atoms with Crippen molar-refractivity contribution in [1.29, 1.82) is 0 Å². The topological polar surface area (TPSA) is 106 Å². The minimum Gasteiger partial charge on any atom is -0.465 e. The second-order valence-corrected chi connectivity index (χ2v) is 5.52. The van der Waals surface area contributed by atoms with Crippen LogP contribution in [0.3, 0.4) is 0 Å². The monoisotopic (exact) mass is 363 g/mol. The van der Waals surface area contributed by atoms with Crippen molar-refractivity contribution < 1.29 is 14.3 Å². The second kappa shape index (κ2) is 8.52. The van der Waals surface area contributed by atoms with Gasteiger partial charge in [-0.25, -0.2) is 14.8 Å². The Hall–Kier alpha value is -3.81. The fraction of sp³-hybridized carbons (Fsp3) is 0.105. The normalized spacial score (nSPS) is 10.1. The Morgan fingerprint density at radius 3 is 2.48 bits per heavy atom. The van der Waals surface area contributed by atoms with Crippen molar-refractivity contribution in [3.05, 3.63) is 78.0 Å². The average Bonchev–Trinajstić information content (AvgIpc) is 2.73. The number of esters is 1. The molecule has 2 N–H and O–H groups in total. The second-order valence-electron chi connectivity index (χ2n) is 5.52. The van der Waals surface area contributed by atoms with Crippen LogP contribution in [0.2, 0.25) is 0 Å². The number of aromatic nitrogens is 3. The maximum absolute atomic E-state index is 12.2. The molecule has 0 fully saturated rings. The number of carbonyl (C=O) groups is 2. The average molecular weight is 363 g/mol. The Bertz CT molecular complexity index is 912. The van der Waals surface area contributed by atoms with Gasteiger partial charge in [0, 0.05) is 24.6 Å². The first kappa shape index (κ1) is 18.0. The van der Waals surface area contributed by atoms with Gasteiger partial charge in [-0.05, 0) is 35.9 Å². The van der Waals surface area contributed by atoms with E-state index < -0.39 is 11.9 Å². The Kier molecular flexibility index (Phi) is 5.68. The van der Waals surface area contributed by atoms with Crippen molar-refractivity contribution in [2.24, 2.45) is 0 Å². The van der Waals surface area contributed by atoms with E-state index in [4.69, 9.17) is 0 Å². The predicted molar refractivity (Wildman–Crippen MR) is 99.3 cm³/mol. The third-order valence-electron chi connectivity index (χ3n) is 3.64. The molecule has 0 aliphatic carbocycles. The molecule has 0 spiro atoms. The summed E-state index contributed by atoms with van der Waals surface area (Å²) in [5.74, 6) is -0.280. The fourth-order valence-corrected chi connectivity index (χ4v) is 2.23. The summed E-state index contributed by atoms with van der Waals surface area (Å²) in [4.78, 5) is 36.0. The largest absolute Gasteiger partial charge is 0.465 e. The summed E-state index contributed by atoms with van der Waals surface area (Å²) in [5, 5.41) is 5.81. The molecule has 1 aromatic carbocycles. The minimum atomic E-state index is -0.437. The Morgan fingerprint density at radius 2 is 1.85 bits per heavy atom. The fourth-order valence-electron chi connectivity index (χ4n) is 2.23. The summed E-state index contributed by atoms with van der Waals surface area (Å²) in [7, 11) is 1.31. The van der Waals surface area contributed by atoms with Crippen LogP contribution in [0.15, 0.2) is 61.2 Å². The molecule has 1 amide bonds. The van der Waals surface area contributed by atoms with Gasteiger partial charge in [-0.15, -0.1) is 0 Å². The molecule has 0 radical (unpaired) electrons. The molecule has 3 aromatic rings. The molecule has 0 atom stereocenters. The molecule has 0 aliphatic heterocycles. The number of nitrogens with zero attached hydrogens (tertiary/aromatic N) is 3. The third-order valence-corrected chi connectivity index (χ3v) is 3.64. The lowest BCUT2D eigenvalue weighted by atomic mass is 10.2. The van der Waals surface area contributed by atoms with E-state index in [9.17, 15) is 9.59 Å². The van der Waals surface area contributed by atoms with Gasteiger partial charge in [-0.1, -0.05) is 6.07 Å². The number of hydrogen-bond acceptors (Lipinski definition) is 7. The first-order valence-corrected chi connectivity index (χ1v) is 8.10. The van der Waals surface area contributed by atoms with Crippen LogP contribution < -0.4 is 10.6 Å². The standard InChI is InChI=1S/C19H17N5O3/c1-27-19(26)14-4-6-15(7-5-14)24-18(25)16-11-23-17(12-21-16)22-10-13-3-2-8-20-9-13/h2-9,11-12H,10H2,1H3,(H,22,23)(H,24,25). The number of anilines is 2. The van der Waals surface area contributed by atoms with E-state index in [-0.39, 0.29) is 5.69 Å². The van der Waals surface area contributed by atoms with E-state index in [1.54, 1.807) is 36.7 Å². The van der Waals surface area contributed by atoms with Crippen molar-refractivity contribution in [1.82, 2.24) is 15.0 Å². The number of nitrogens with one attached hydrogen (secondary N) is 2. The molecular weight excluding hydrogens is 346 g/mol. The number of methoxy groups -OCH3 is 1. The number of rotatable bonds is 6. The number of carbonyl (C=O) groups excluding carboxylic acids is 2. The Labute approximate surface area is 155 Å². The van der Waals surface area contributed by atoms with Crippen LogP contribution in [0.1, 0.15) is 26.4 Å². The predicted octanol–water partition coefficient (Wildman–Crippen LogP) is 2.52. The lowest BCUT2D eigenvalue weighted by molar-refractivity contribution is 0.0600. The highest BCUT2D eigenvalue weighted by molar-refractivity contribution is 6.03. The summed E-state index contributed by atoms with van der Waals surface area (Å²) in [5.41, 5.74) is 2.13. The van der Waals surface area contributed by atoms with E-state index in [2.05, 4.69) is 30.3 Å². The van der Waals surface area contributed by atoms with Gasteiger partial charge in [0.05, 0.1) is 25.1 Å². The Morgan fingerprint density at radius 1 is 1.04 bits per heavy atom. The molecule has 136 valence electrons. The van der Waals surface area contributed by atoms with E-state index in [1.165, 1.54) is 19.5 Å². The van der Waals surface area contributed by atoms with E-state index >= 15 is 0 Å². The molecule has 3 rings (SSSR count). The summed E-state index contributed by atoms with van der Waals surface area (Å²) in [6.07, 6.45) is 6.35. The first-order chi connectivity index (χ1) is 13.2.